The van der Waals surface area contributed by atoms with Gasteiger partial charge in [0.25, 0.3) is 0 Å². The second-order valence-corrected chi connectivity index (χ2v) is 5.76. The van der Waals surface area contributed by atoms with Crippen LogP contribution >= 0.6 is 0 Å². The van der Waals surface area contributed by atoms with E-state index in [1.165, 1.54) is 0 Å². The van der Waals surface area contributed by atoms with Gasteiger partial charge in [-0.05, 0) is 12.1 Å². The number of aromatic nitrogens is 2. The fourth-order valence-electron chi connectivity index (χ4n) is 2.79. The van der Waals surface area contributed by atoms with Crippen molar-refractivity contribution in [3.05, 3.63) is 18.3 Å². The highest BCUT2D eigenvalue weighted by atomic mass is 15.4. The summed E-state index contributed by atoms with van der Waals surface area (Å²) in [6, 6.07) is 4.08. The highest BCUT2D eigenvalue weighted by Crippen LogP contribution is 2.32. The molecule has 3 rings (SSSR count). The molecule has 2 aromatic heterocycles. The molecule has 0 aliphatic carbocycles. The fourth-order valence-corrected chi connectivity index (χ4v) is 2.79. The van der Waals surface area contributed by atoms with Crippen LogP contribution in [0.25, 0.3) is 5.52 Å². The molecule has 0 saturated carbocycles. The Morgan fingerprint density at radius 1 is 1.30 bits per heavy atom. The van der Waals surface area contributed by atoms with Crippen molar-refractivity contribution in [2.45, 2.75) is 0 Å². The van der Waals surface area contributed by atoms with E-state index in [9.17, 15) is 0 Å². The summed E-state index contributed by atoms with van der Waals surface area (Å²) in [5, 5.41) is 4.69. The zero-order valence-corrected chi connectivity index (χ0v) is 12.4. The Balaban J connectivity index is 2.05. The Labute approximate surface area is 119 Å². The largest absolute Gasteiger partial charge is 0.394 e. The quantitative estimate of drug-likeness (QED) is 0.762. The van der Waals surface area contributed by atoms with Gasteiger partial charge in [-0.2, -0.15) is 0 Å². The third-order valence-electron chi connectivity index (χ3n) is 4.05. The van der Waals surface area contributed by atoms with Crippen LogP contribution in [0.15, 0.2) is 18.3 Å². The fraction of sp³-hybridized carbons (Fsp3) is 0.500. The Morgan fingerprint density at radius 2 is 2.00 bits per heavy atom. The van der Waals surface area contributed by atoms with Crippen molar-refractivity contribution in [2.75, 3.05) is 62.9 Å². The number of piperazine rings is 1. The molecule has 1 saturated heterocycles. The van der Waals surface area contributed by atoms with Gasteiger partial charge in [0.2, 0.25) is 0 Å². The Kier molecular flexibility index (Phi) is 3.17. The van der Waals surface area contributed by atoms with Crippen LogP contribution in [0.4, 0.5) is 17.2 Å². The first-order valence-electron chi connectivity index (χ1n) is 7.08. The van der Waals surface area contributed by atoms with E-state index < -0.39 is 0 Å². The summed E-state index contributed by atoms with van der Waals surface area (Å²) in [6.07, 6.45) is 1.96. The lowest BCUT2D eigenvalue weighted by molar-refractivity contribution is -0.880. The first-order valence-corrected chi connectivity index (χ1v) is 7.08. The van der Waals surface area contributed by atoms with Crippen molar-refractivity contribution < 1.29 is 4.90 Å². The van der Waals surface area contributed by atoms with Crippen molar-refractivity contribution in [1.29, 1.82) is 0 Å². The molecule has 0 spiro atoms. The van der Waals surface area contributed by atoms with E-state index in [0.717, 1.165) is 48.9 Å². The van der Waals surface area contributed by atoms with Crippen molar-refractivity contribution in [1.82, 2.24) is 9.61 Å². The number of nitrogens with one attached hydrogen (secondary N) is 1. The third kappa shape index (κ3) is 2.06. The van der Waals surface area contributed by atoms with E-state index in [1.54, 1.807) is 4.90 Å². The topological polar surface area (TPSA) is 54.2 Å². The molecule has 0 radical (unpaired) electrons. The number of likely N-dealkylation sites (N-methyl/N-ethyl adjacent to an activating group) is 1. The van der Waals surface area contributed by atoms with E-state index in [1.807, 2.05) is 30.9 Å². The van der Waals surface area contributed by atoms with Crippen LogP contribution in [0.1, 0.15) is 0 Å². The van der Waals surface area contributed by atoms with Gasteiger partial charge in [-0.1, -0.05) is 0 Å². The Morgan fingerprint density at radius 3 is 2.65 bits per heavy atom. The van der Waals surface area contributed by atoms with Gasteiger partial charge in [0, 0.05) is 20.3 Å². The maximum Gasteiger partial charge on any atom is 0.175 e. The average Bonchev–Trinajstić information content (AvgIpc) is 2.77. The normalized spacial score (nSPS) is 16.9. The third-order valence-corrected chi connectivity index (χ3v) is 4.05. The molecule has 0 atom stereocenters. The second kappa shape index (κ2) is 4.86. The van der Waals surface area contributed by atoms with E-state index in [4.69, 9.17) is 5.73 Å². The van der Waals surface area contributed by atoms with Crippen molar-refractivity contribution in [3.63, 3.8) is 0 Å². The summed E-state index contributed by atoms with van der Waals surface area (Å²) in [7, 11) is 6.29. The van der Waals surface area contributed by atoms with Gasteiger partial charge < -0.3 is 20.4 Å². The number of nitrogens with two attached hydrogens (primary N) is 1. The van der Waals surface area contributed by atoms with E-state index in [0.29, 0.717) is 0 Å². The van der Waals surface area contributed by atoms with E-state index >= 15 is 0 Å². The molecule has 20 heavy (non-hydrogen) atoms. The smallest absolute Gasteiger partial charge is 0.175 e. The highest BCUT2D eigenvalue weighted by molar-refractivity contribution is 5.91. The molecule has 0 bridgehead atoms. The molecule has 0 aromatic carbocycles. The minimum absolute atomic E-state index is 0.786. The Hall–Kier alpha value is -1.95. The molecule has 3 N–H and O–H groups in total. The summed E-state index contributed by atoms with van der Waals surface area (Å²) in [4.78, 5) is 5.94. The van der Waals surface area contributed by atoms with Crippen LogP contribution in [0.3, 0.4) is 0 Å². The predicted octanol–water partition coefficient (Wildman–Crippen LogP) is -0.683. The number of hydrogen-bond donors (Lipinski definition) is 2. The number of nitrogen functional groups attached to an aromatic ring is 1. The maximum absolute atomic E-state index is 6.38. The number of quaternary nitrogens is 1. The lowest BCUT2D eigenvalue weighted by Gasteiger charge is -2.30. The molecule has 3 heterocycles. The highest BCUT2D eigenvalue weighted by Gasteiger charge is 2.23. The Bertz CT molecular complexity index is 609. The summed E-state index contributed by atoms with van der Waals surface area (Å²) in [5.41, 5.74) is 9.27. The number of hydrogen-bond acceptors (Lipinski definition) is 4. The predicted molar refractivity (Wildman–Crippen MR) is 82.8 cm³/mol. The lowest BCUT2D eigenvalue weighted by Crippen LogP contribution is -3.12. The van der Waals surface area contributed by atoms with E-state index in [-0.39, 0.29) is 0 Å². The number of nitrogens with zero attached hydrogens (tertiary/aromatic N) is 4. The lowest BCUT2D eigenvalue weighted by atomic mass is 10.2. The van der Waals surface area contributed by atoms with Crippen LogP contribution < -0.4 is 20.4 Å². The molecular weight excluding hydrogens is 252 g/mol. The van der Waals surface area contributed by atoms with Crippen LogP contribution in [0.5, 0.6) is 0 Å². The number of anilines is 3. The first-order chi connectivity index (χ1) is 9.58. The summed E-state index contributed by atoms with van der Waals surface area (Å²) < 4.78 is 1.89. The molecule has 1 aliphatic rings. The molecule has 1 aliphatic heterocycles. The van der Waals surface area contributed by atoms with Gasteiger partial charge >= 0.3 is 0 Å². The van der Waals surface area contributed by atoms with Gasteiger partial charge in [-0.25, -0.2) is 4.52 Å². The van der Waals surface area contributed by atoms with Gasteiger partial charge in [0.1, 0.15) is 11.2 Å². The molecule has 2 aromatic rings. The van der Waals surface area contributed by atoms with Gasteiger partial charge in [0.05, 0.1) is 38.9 Å². The minimum Gasteiger partial charge on any atom is -0.394 e. The standard InChI is InChI=1S/C14H22N6/c1-17(2)11-5-4-6-20-13(11)12(15)14(16-20)19-9-7-18(3)8-10-19/h4-6H,7-10,15H2,1-3H3/p+1. The summed E-state index contributed by atoms with van der Waals surface area (Å²) in [6.45, 7) is 4.29. The number of rotatable bonds is 2. The molecule has 6 nitrogen and oxygen atoms in total. The summed E-state index contributed by atoms with van der Waals surface area (Å²) in [5.74, 6) is 0.923. The number of pyridine rings is 1. The van der Waals surface area contributed by atoms with Crippen LogP contribution in [-0.4, -0.2) is 56.9 Å². The zero-order chi connectivity index (χ0) is 14.3. The van der Waals surface area contributed by atoms with Crippen molar-refractivity contribution in [3.8, 4) is 0 Å². The molecule has 0 amide bonds. The van der Waals surface area contributed by atoms with E-state index in [2.05, 4.69) is 28.0 Å². The zero-order valence-electron chi connectivity index (χ0n) is 12.4. The monoisotopic (exact) mass is 275 g/mol. The summed E-state index contributed by atoms with van der Waals surface area (Å²) >= 11 is 0. The van der Waals surface area contributed by atoms with Gasteiger partial charge in [0.15, 0.2) is 5.82 Å². The van der Waals surface area contributed by atoms with Crippen LogP contribution in [0.2, 0.25) is 0 Å². The van der Waals surface area contributed by atoms with Gasteiger partial charge in [-0.3, -0.25) is 0 Å². The van der Waals surface area contributed by atoms with Crippen LogP contribution in [-0.2, 0) is 0 Å². The molecular formula is C14H23N6+. The van der Waals surface area contributed by atoms with Gasteiger partial charge in [-0.15, -0.1) is 5.10 Å². The molecule has 1 fully saturated rings. The minimum atomic E-state index is 0.786. The van der Waals surface area contributed by atoms with Crippen molar-refractivity contribution >= 4 is 22.7 Å². The molecule has 6 heteroatoms. The second-order valence-electron chi connectivity index (χ2n) is 5.76. The average molecular weight is 275 g/mol. The SMILES string of the molecule is CN(C)c1cccn2nc(N3CC[NH+](C)CC3)c(N)c12. The number of fused-ring (bicyclic) bond motifs is 1. The maximum atomic E-state index is 6.38. The van der Waals surface area contributed by atoms with Crippen LogP contribution in [0, 0.1) is 0 Å². The van der Waals surface area contributed by atoms with Crippen molar-refractivity contribution in [2.24, 2.45) is 0 Å². The first kappa shape index (κ1) is 13.1. The molecule has 108 valence electrons. The molecule has 0 unspecified atom stereocenters.